The molecule has 0 saturated carbocycles. The molecule has 0 aliphatic rings. The Hall–Kier alpha value is -1.13. The van der Waals surface area contributed by atoms with E-state index in [0.29, 0.717) is 6.20 Å². The molecule has 1 radical (unpaired) electrons. The third kappa shape index (κ3) is 1.93. The van der Waals surface area contributed by atoms with E-state index >= 15 is 0 Å². The maximum absolute atomic E-state index is 12.0. The Morgan fingerprint density at radius 3 is 2.50 bits per heavy atom. The molecule has 1 aromatic rings. The van der Waals surface area contributed by atoms with Crippen LogP contribution in [0.3, 0.4) is 0 Å². The van der Waals surface area contributed by atoms with Crippen molar-refractivity contribution in [3.8, 4) is 0 Å². The van der Waals surface area contributed by atoms with Crippen LogP contribution in [0, 0.1) is 6.42 Å². The molecule has 1 heterocycles. The molecule has 0 amide bonds. The van der Waals surface area contributed by atoms with Crippen molar-refractivity contribution in [3.63, 3.8) is 0 Å². The Balaban J connectivity index is 3.02. The Kier molecular flexibility index (Phi) is 2.30. The summed E-state index contributed by atoms with van der Waals surface area (Å²) >= 11 is 0. The molecule has 0 unspecified atom stereocenters. The van der Waals surface area contributed by atoms with Gasteiger partial charge in [-0.3, -0.25) is 4.98 Å². The number of aromatic nitrogens is 2. The molecule has 0 spiro atoms. The number of rotatable bonds is 1. The van der Waals surface area contributed by atoms with Crippen LogP contribution >= 0.6 is 0 Å². The molecule has 0 aromatic carbocycles. The largest absolute Gasteiger partial charge is 0.434 e. The van der Waals surface area contributed by atoms with Gasteiger partial charge in [0.05, 0.1) is 11.9 Å². The molecule has 65 valence electrons. The fraction of sp³-hybridized carbons (Fsp3) is 0.286. The summed E-state index contributed by atoms with van der Waals surface area (Å²) in [6.45, 7) is 1.60. The maximum atomic E-state index is 12.0. The number of hydrogen-bond donors (Lipinski definition) is 0. The summed E-state index contributed by atoms with van der Waals surface area (Å²) in [5.41, 5.74) is -0.733. The van der Waals surface area contributed by atoms with E-state index in [0.717, 1.165) is 0 Å². The predicted octanol–water partition coefficient (Wildman–Crippen LogP) is 2.07. The lowest BCUT2D eigenvalue weighted by Gasteiger charge is -2.04. The van der Waals surface area contributed by atoms with E-state index in [9.17, 15) is 13.2 Å². The van der Waals surface area contributed by atoms with E-state index in [1.165, 1.54) is 12.6 Å². The summed E-state index contributed by atoms with van der Waals surface area (Å²) in [5, 5.41) is 0. The van der Waals surface area contributed by atoms with Gasteiger partial charge in [0.25, 0.3) is 0 Å². The fourth-order valence-corrected chi connectivity index (χ4v) is 0.657. The zero-order valence-corrected chi connectivity index (χ0v) is 6.26. The van der Waals surface area contributed by atoms with E-state index in [2.05, 4.69) is 9.97 Å². The highest BCUT2D eigenvalue weighted by Gasteiger charge is 2.32. The number of halogens is 3. The van der Waals surface area contributed by atoms with Gasteiger partial charge < -0.3 is 0 Å². The molecule has 0 aliphatic carbocycles. The van der Waals surface area contributed by atoms with E-state index in [1.807, 2.05) is 0 Å². The predicted molar refractivity (Wildman–Crippen MR) is 36.1 cm³/mol. The van der Waals surface area contributed by atoms with Crippen LogP contribution in [0.4, 0.5) is 13.2 Å². The van der Waals surface area contributed by atoms with Crippen molar-refractivity contribution in [1.29, 1.82) is 0 Å². The van der Waals surface area contributed by atoms with Crippen LogP contribution in [0.15, 0.2) is 12.4 Å². The second-order valence-electron chi connectivity index (χ2n) is 2.12. The van der Waals surface area contributed by atoms with Crippen LogP contribution in [0.25, 0.3) is 0 Å². The van der Waals surface area contributed by atoms with E-state index in [-0.39, 0.29) is 5.69 Å². The third-order valence-electron chi connectivity index (χ3n) is 1.24. The first-order chi connectivity index (χ1) is 5.54. The zero-order chi connectivity index (χ0) is 9.19. The highest BCUT2D eigenvalue weighted by molar-refractivity contribution is 5.11. The monoisotopic (exact) mass is 175 g/mol. The van der Waals surface area contributed by atoms with Gasteiger partial charge in [-0.2, -0.15) is 13.2 Å². The van der Waals surface area contributed by atoms with E-state index in [4.69, 9.17) is 0 Å². The average Bonchev–Trinajstić information content (AvgIpc) is 2.03. The minimum Gasteiger partial charge on any atom is -0.261 e. The lowest BCUT2D eigenvalue weighted by molar-refractivity contribution is -0.141. The van der Waals surface area contributed by atoms with Gasteiger partial charge in [-0.05, 0) is 0 Å². The van der Waals surface area contributed by atoms with Gasteiger partial charge in [-0.15, -0.1) is 0 Å². The molecule has 1 rings (SSSR count). The molecule has 5 heteroatoms. The van der Waals surface area contributed by atoms with Gasteiger partial charge in [0.2, 0.25) is 0 Å². The van der Waals surface area contributed by atoms with E-state index < -0.39 is 11.9 Å². The molecule has 12 heavy (non-hydrogen) atoms. The van der Waals surface area contributed by atoms with Gasteiger partial charge in [0.1, 0.15) is 0 Å². The SMILES string of the molecule is C[CH]c1cncc(C(F)(F)F)n1. The van der Waals surface area contributed by atoms with Gasteiger partial charge in [0, 0.05) is 12.6 Å². The number of alkyl halides is 3. The smallest absolute Gasteiger partial charge is 0.261 e. The van der Waals surface area contributed by atoms with Crippen LogP contribution in [0.2, 0.25) is 0 Å². The summed E-state index contributed by atoms with van der Waals surface area (Å²) in [4.78, 5) is 6.73. The fourth-order valence-electron chi connectivity index (χ4n) is 0.657. The average molecular weight is 175 g/mol. The summed E-state index contributed by atoms with van der Waals surface area (Å²) in [7, 11) is 0. The Labute approximate surface area is 67.5 Å². The molecule has 0 saturated heterocycles. The van der Waals surface area contributed by atoms with Crippen LogP contribution in [0.1, 0.15) is 18.3 Å². The maximum Gasteiger partial charge on any atom is 0.434 e. The van der Waals surface area contributed by atoms with Crippen molar-refractivity contribution in [2.75, 3.05) is 0 Å². The summed E-state index contributed by atoms with van der Waals surface area (Å²) in [6.07, 6.45) is -0.976. The summed E-state index contributed by atoms with van der Waals surface area (Å²) in [6, 6.07) is 0. The quantitative estimate of drug-likeness (QED) is 0.652. The van der Waals surface area contributed by atoms with Gasteiger partial charge >= 0.3 is 6.18 Å². The molecule has 1 aromatic heterocycles. The van der Waals surface area contributed by atoms with Crippen LogP contribution in [-0.4, -0.2) is 9.97 Å². The van der Waals surface area contributed by atoms with Gasteiger partial charge in [-0.1, -0.05) is 6.92 Å². The Morgan fingerprint density at radius 2 is 2.00 bits per heavy atom. The molecule has 2 nitrogen and oxygen atoms in total. The molecule has 0 bridgehead atoms. The van der Waals surface area contributed by atoms with Crippen molar-refractivity contribution < 1.29 is 13.2 Å². The van der Waals surface area contributed by atoms with Crippen molar-refractivity contribution in [2.45, 2.75) is 13.1 Å². The summed E-state index contributed by atoms with van der Waals surface area (Å²) < 4.78 is 36.0. The highest BCUT2D eigenvalue weighted by Crippen LogP contribution is 2.26. The van der Waals surface area contributed by atoms with Crippen molar-refractivity contribution >= 4 is 0 Å². The third-order valence-corrected chi connectivity index (χ3v) is 1.24. The normalized spacial score (nSPS) is 11.7. The number of hydrogen-bond acceptors (Lipinski definition) is 2. The molecule has 0 aliphatic heterocycles. The van der Waals surface area contributed by atoms with Crippen molar-refractivity contribution in [1.82, 2.24) is 9.97 Å². The van der Waals surface area contributed by atoms with Gasteiger partial charge in [-0.25, -0.2) is 4.98 Å². The first-order valence-electron chi connectivity index (χ1n) is 3.22. The molecular formula is C7H6F3N2. The second kappa shape index (κ2) is 3.08. The lowest BCUT2D eigenvalue weighted by Crippen LogP contribution is -2.09. The Morgan fingerprint density at radius 1 is 1.33 bits per heavy atom. The van der Waals surface area contributed by atoms with Crippen molar-refractivity contribution in [3.05, 3.63) is 30.2 Å². The molecular weight excluding hydrogens is 169 g/mol. The number of nitrogens with zero attached hydrogens (tertiary/aromatic N) is 2. The zero-order valence-electron chi connectivity index (χ0n) is 6.26. The topological polar surface area (TPSA) is 25.8 Å². The highest BCUT2D eigenvalue weighted by atomic mass is 19.4. The van der Waals surface area contributed by atoms with Crippen LogP contribution in [0.5, 0.6) is 0 Å². The van der Waals surface area contributed by atoms with Crippen LogP contribution < -0.4 is 0 Å². The second-order valence-corrected chi connectivity index (χ2v) is 2.12. The molecule has 0 fully saturated rings. The lowest BCUT2D eigenvalue weighted by atomic mass is 10.3. The van der Waals surface area contributed by atoms with Crippen molar-refractivity contribution in [2.24, 2.45) is 0 Å². The van der Waals surface area contributed by atoms with E-state index in [1.54, 1.807) is 6.92 Å². The van der Waals surface area contributed by atoms with Crippen LogP contribution in [-0.2, 0) is 6.18 Å². The molecule has 0 N–H and O–H groups in total. The first kappa shape index (κ1) is 8.96. The molecule has 0 atom stereocenters. The first-order valence-corrected chi connectivity index (χ1v) is 3.22. The minimum absolute atomic E-state index is 0.227. The Bertz CT molecular complexity index is 270. The standard InChI is InChI=1S/C7H6F3N2/c1-2-5-3-11-4-6(12-5)7(8,9)10/h2-4H,1H3. The summed E-state index contributed by atoms with van der Waals surface area (Å²) in [5.74, 6) is 0. The minimum atomic E-state index is -4.41. The van der Waals surface area contributed by atoms with Gasteiger partial charge in [0.15, 0.2) is 5.69 Å².